The Kier molecular flexibility index (Phi) is 4.81. The smallest absolute Gasteiger partial charge is 0.325 e. The molecule has 1 aliphatic carbocycles. The summed E-state index contributed by atoms with van der Waals surface area (Å²) in [5.74, 6) is 0.281. The minimum absolute atomic E-state index is 0.199. The first-order valence-electron chi connectivity index (χ1n) is 7.45. The van der Waals surface area contributed by atoms with Gasteiger partial charge in [0.25, 0.3) is 0 Å². The van der Waals surface area contributed by atoms with Crippen molar-refractivity contribution < 1.29 is 9.53 Å². The van der Waals surface area contributed by atoms with E-state index in [9.17, 15) is 4.79 Å². The number of methoxy groups -OCH3 is 1. The maximum Gasteiger partial charge on any atom is 0.325 e. The number of esters is 1. The van der Waals surface area contributed by atoms with Crippen molar-refractivity contribution in [2.24, 2.45) is 0 Å². The minimum atomic E-state index is -0.635. The molecule has 1 saturated carbocycles. The lowest BCUT2D eigenvalue weighted by atomic mass is 9.79. The van der Waals surface area contributed by atoms with E-state index in [-0.39, 0.29) is 5.97 Å². The molecule has 0 spiro atoms. The molecule has 0 saturated heterocycles. The number of hydrogen-bond acceptors (Lipinski definition) is 3. The molecule has 1 aliphatic rings. The van der Waals surface area contributed by atoms with E-state index in [1.165, 1.54) is 31.9 Å². The Morgan fingerprint density at radius 1 is 1.20 bits per heavy atom. The molecule has 0 bridgehead atoms. The number of carbonyl (C=O) groups is 1. The molecule has 2 rings (SSSR count). The molecule has 3 nitrogen and oxygen atoms in total. The standard InChI is InChI=1S/C17H25NO2/c1-17(2,16(19)20-3)18-15-12-8-7-11-14(15)13-9-5-4-6-10-13/h4-6,9-10,14-15,18H,7-8,11-12H2,1-3H3. The van der Waals surface area contributed by atoms with Crippen LogP contribution in [0, 0.1) is 0 Å². The average Bonchev–Trinajstić information content (AvgIpc) is 2.47. The zero-order chi connectivity index (χ0) is 14.6. The van der Waals surface area contributed by atoms with Crippen LogP contribution in [-0.4, -0.2) is 24.7 Å². The van der Waals surface area contributed by atoms with Gasteiger partial charge in [-0.2, -0.15) is 0 Å². The summed E-state index contributed by atoms with van der Waals surface area (Å²) in [5.41, 5.74) is 0.731. The van der Waals surface area contributed by atoms with E-state index < -0.39 is 5.54 Å². The molecule has 20 heavy (non-hydrogen) atoms. The van der Waals surface area contributed by atoms with Gasteiger partial charge in [-0.25, -0.2) is 0 Å². The van der Waals surface area contributed by atoms with Gasteiger partial charge in [0.2, 0.25) is 0 Å². The first kappa shape index (κ1) is 15.0. The van der Waals surface area contributed by atoms with Crippen molar-refractivity contribution in [2.45, 2.75) is 57.0 Å². The SMILES string of the molecule is COC(=O)C(C)(C)NC1CCCCC1c1ccccc1. The lowest BCUT2D eigenvalue weighted by molar-refractivity contribution is -0.147. The quantitative estimate of drug-likeness (QED) is 0.857. The van der Waals surface area contributed by atoms with Crippen LogP contribution in [0.1, 0.15) is 51.0 Å². The van der Waals surface area contributed by atoms with Crippen molar-refractivity contribution in [1.82, 2.24) is 5.32 Å². The van der Waals surface area contributed by atoms with Gasteiger partial charge in [0.1, 0.15) is 5.54 Å². The summed E-state index contributed by atoms with van der Waals surface area (Å²) in [6, 6.07) is 10.9. The van der Waals surface area contributed by atoms with Gasteiger partial charge in [0.15, 0.2) is 0 Å². The van der Waals surface area contributed by atoms with Crippen molar-refractivity contribution in [3.05, 3.63) is 35.9 Å². The molecule has 1 N–H and O–H groups in total. The van der Waals surface area contributed by atoms with Crippen LogP contribution in [0.25, 0.3) is 0 Å². The lowest BCUT2D eigenvalue weighted by Crippen LogP contribution is -2.54. The maximum atomic E-state index is 11.9. The van der Waals surface area contributed by atoms with E-state index in [0.717, 1.165) is 6.42 Å². The van der Waals surface area contributed by atoms with Gasteiger partial charge in [0, 0.05) is 6.04 Å². The topological polar surface area (TPSA) is 38.3 Å². The first-order valence-corrected chi connectivity index (χ1v) is 7.45. The fourth-order valence-corrected chi connectivity index (χ4v) is 3.18. The van der Waals surface area contributed by atoms with Crippen LogP contribution in [0.15, 0.2) is 30.3 Å². The third kappa shape index (κ3) is 3.40. The Hall–Kier alpha value is -1.35. The summed E-state index contributed by atoms with van der Waals surface area (Å²) in [7, 11) is 1.45. The Bertz CT molecular complexity index is 442. The van der Waals surface area contributed by atoms with Crippen molar-refractivity contribution in [3.8, 4) is 0 Å². The highest BCUT2D eigenvalue weighted by Gasteiger charge is 2.35. The summed E-state index contributed by atoms with van der Waals surface area (Å²) in [4.78, 5) is 11.9. The van der Waals surface area contributed by atoms with E-state index in [4.69, 9.17) is 4.74 Å². The molecular formula is C17H25NO2. The van der Waals surface area contributed by atoms with Crippen LogP contribution in [0.5, 0.6) is 0 Å². The number of rotatable bonds is 4. The minimum Gasteiger partial charge on any atom is -0.468 e. The third-order valence-corrected chi connectivity index (χ3v) is 4.24. The van der Waals surface area contributed by atoms with Crippen molar-refractivity contribution in [2.75, 3.05) is 7.11 Å². The zero-order valence-corrected chi connectivity index (χ0v) is 12.7. The van der Waals surface area contributed by atoms with Gasteiger partial charge < -0.3 is 4.74 Å². The summed E-state index contributed by atoms with van der Waals surface area (Å²) in [6.45, 7) is 3.80. The normalized spacial score (nSPS) is 23.4. The summed E-state index contributed by atoms with van der Waals surface area (Å²) in [6.07, 6.45) is 4.77. The second-order valence-electron chi connectivity index (χ2n) is 6.17. The van der Waals surface area contributed by atoms with Gasteiger partial charge in [-0.05, 0) is 38.2 Å². The summed E-state index contributed by atoms with van der Waals surface area (Å²) >= 11 is 0. The first-order chi connectivity index (χ1) is 9.54. The van der Waals surface area contributed by atoms with E-state index in [2.05, 4.69) is 29.6 Å². The van der Waals surface area contributed by atoms with Crippen molar-refractivity contribution >= 4 is 5.97 Å². The fourth-order valence-electron chi connectivity index (χ4n) is 3.18. The highest BCUT2D eigenvalue weighted by molar-refractivity contribution is 5.79. The number of nitrogens with one attached hydrogen (secondary N) is 1. The molecular weight excluding hydrogens is 250 g/mol. The second-order valence-corrected chi connectivity index (χ2v) is 6.17. The van der Waals surface area contributed by atoms with Gasteiger partial charge in [-0.3, -0.25) is 10.1 Å². The fraction of sp³-hybridized carbons (Fsp3) is 0.588. The van der Waals surface area contributed by atoms with Gasteiger partial charge >= 0.3 is 5.97 Å². The third-order valence-electron chi connectivity index (χ3n) is 4.24. The van der Waals surface area contributed by atoms with Gasteiger partial charge in [-0.15, -0.1) is 0 Å². The zero-order valence-electron chi connectivity index (χ0n) is 12.7. The average molecular weight is 275 g/mol. The van der Waals surface area contributed by atoms with Gasteiger partial charge in [-0.1, -0.05) is 43.2 Å². The number of ether oxygens (including phenoxy) is 1. The van der Waals surface area contributed by atoms with Crippen LogP contribution in [0.4, 0.5) is 0 Å². The molecule has 0 heterocycles. The molecule has 0 amide bonds. The number of hydrogen-bond donors (Lipinski definition) is 1. The number of benzene rings is 1. The van der Waals surface area contributed by atoms with E-state index in [1.54, 1.807) is 0 Å². The van der Waals surface area contributed by atoms with Crippen molar-refractivity contribution in [1.29, 1.82) is 0 Å². The lowest BCUT2D eigenvalue weighted by Gasteiger charge is -2.37. The molecule has 1 aromatic carbocycles. The largest absolute Gasteiger partial charge is 0.468 e. The van der Waals surface area contributed by atoms with Crippen LogP contribution in [-0.2, 0) is 9.53 Å². The second kappa shape index (κ2) is 6.40. The Balaban J connectivity index is 2.14. The molecule has 2 atom stereocenters. The van der Waals surface area contributed by atoms with Crippen LogP contribution >= 0.6 is 0 Å². The summed E-state index contributed by atoms with van der Waals surface area (Å²) in [5, 5.41) is 3.52. The Morgan fingerprint density at radius 2 is 1.85 bits per heavy atom. The molecule has 110 valence electrons. The number of carbonyl (C=O) groups excluding carboxylic acids is 1. The van der Waals surface area contributed by atoms with Crippen LogP contribution in [0.3, 0.4) is 0 Å². The molecule has 0 aromatic heterocycles. The van der Waals surface area contributed by atoms with Crippen LogP contribution in [0.2, 0.25) is 0 Å². The Morgan fingerprint density at radius 3 is 2.50 bits per heavy atom. The molecule has 0 radical (unpaired) electrons. The molecule has 3 heteroatoms. The highest BCUT2D eigenvalue weighted by Crippen LogP contribution is 2.34. The molecule has 1 fully saturated rings. The van der Waals surface area contributed by atoms with E-state index in [1.807, 2.05) is 19.9 Å². The highest BCUT2D eigenvalue weighted by atomic mass is 16.5. The maximum absolute atomic E-state index is 11.9. The molecule has 1 aromatic rings. The van der Waals surface area contributed by atoms with Gasteiger partial charge in [0.05, 0.1) is 7.11 Å². The van der Waals surface area contributed by atoms with Crippen molar-refractivity contribution in [3.63, 3.8) is 0 Å². The van der Waals surface area contributed by atoms with E-state index >= 15 is 0 Å². The monoisotopic (exact) mass is 275 g/mol. The van der Waals surface area contributed by atoms with E-state index in [0.29, 0.717) is 12.0 Å². The predicted molar refractivity (Wildman–Crippen MR) is 80.7 cm³/mol. The Labute approximate surface area is 121 Å². The van der Waals surface area contributed by atoms with Crippen LogP contribution < -0.4 is 5.32 Å². The predicted octanol–water partition coefficient (Wildman–Crippen LogP) is 3.25. The summed E-state index contributed by atoms with van der Waals surface area (Å²) < 4.78 is 4.90. The molecule has 2 unspecified atom stereocenters. The molecule has 0 aliphatic heterocycles.